The molecule has 5 heteroatoms. The zero-order valence-corrected chi connectivity index (χ0v) is 8.95. The highest BCUT2D eigenvalue weighted by molar-refractivity contribution is 6.31. The number of nitrogens with two attached hydrogens (primary N) is 1. The molecular weight excluding hydrogens is 214 g/mol. The van der Waals surface area contributed by atoms with Crippen molar-refractivity contribution in [3.8, 4) is 11.5 Å². The summed E-state index contributed by atoms with van der Waals surface area (Å²) in [5, 5.41) is 8.34. The Morgan fingerprint density at radius 3 is 2.73 bits per heavy atom. The van der Waals surface area contributed by atoms with Crippen LogP contribution in [0.4, 0.5) is 5.69 Å². The second-order valence-electron chi connectivity index (χ2n) is 3.13. The molecule has 0 fully saturated rings. The molecule has 1 heterocycles. The van der Waals surface area contributed by atoms with E-state index >= 15 is 0 Å². The van der Waals surface area contributed by atoms with Crippen molar-refractivity contribution in [2.24, 2.45) is 0 Å². The highest BCUT2D eigenvalue weighted by Gasteiger charge is 2.08. The van der Waals surface area contributed by atoms with E-state index in [1.165, 1.54) is 0 Å². The van der Waals surface area contributed by atoms with Gasteiger partial charge in [-0.3, -0.25) is 0 Å². The fourth-order valence-electron chi connectivity index (χ4n) is 1.25. The van der Waals surface area contributed by atoms with Gasteiger partial charge in [-0.05, 0) is 18.2 Å². The van der Waals surface area contributed by atoms with E-state index in [2.05, 4.69) is 10.2 Å². The molecule has 78 valence electrons. The topological polar surface area (TPSA) is 64.9 Å². The summed E-state index contributed by atoms with van der Waals surface area (Å²) in [6.07, 6.45) is 0.711. The van der Waals surface area contributed by atoms with Crippen LogP contribution in [-0.2, 0) is 6.42 Å². The Hall–Kier alpha value is -1.55. The molecule has 0 spiro atoms. The molecule has 0 bridgehead atoms. The second-order valence-corrected chi connectivity index (χ2v) is 3.56. The average Bonchev–Trinajstić information content (AvgIpc) is 2.64. The van der Waals surface area contributed by atoms with Crippen LogP contribution >= 0.6 is 11.6 Å². The molecule has 0 aliphatic heterocycles. The Bertz CT molecular complexity index is 461. The maximum Gasteiger partial charge on any atom is 0.247 e. The van der Waals surface area contributed by atoms with Gasteiger partial charge in [0.15, 0.2) is 0 Å². The van der Waals surface area contributed by atoms with Crippen molar-refractivity contribution in [3.63, 3.8) is 0 Å². The van der Waals surface area contributed by atoms with Crippen LogP contribution in [0.15, 0.2) is 22.6 Å². The van der Waals surface area contributed by atoms with Crippen molar-refractivity contribution >= 4 is 17.3 Å². The summed E-state index contributed by atoms with van der Waals surface area (Å²) in [5.41, 5.74) is 6.98. The summed E-state index contributed by atoms with van der Waals surface area (Å²) in [6.45, 7) is 1.95. The second kappa shape index (κ2) is 3.90. The minimum absolute atomic E-state index is 0.445. The van der Waals surface area contributed by atoms with Crippen molar-refractivity contribution in [1.29, 1.82) is 0 Å². The first-order valence-electron chi connectivity index (χ1n) is 4.58. The maximum atomic E-state index is 5.87. The lowest BCUT2D eigenvalue weighted by Crippen LogP contribution is -1.86. The SMILES string of the molecule is CCc1nnc(-c2cc(N)cc(Cl)c2)o1. The Morgan fingerprint density at radius 2 is 2.13 bits per heavy atom. The molecule has 15 heavy (non-hydrogen) atoms. The van der Waals surface area contributed by atoms with Gasteiger partial charge in [-0.25, -0.2) is 0 Å². The lowest BCUT2D eigenvalue weighted by Gasteiger charge is -1.98. The van der Waals surface area contributed by atoms with Crippen LogP contribution in [0.3, 0.4) is 0 Å². The van der Waals surface area contributed by atoms with Crippen LogP contribution in [-0.4, -0.2) is 10.2 Å². The number of hydrogen-bond donors (Lipinski definition) is 1. The number of anilines is 1. The summed E-state index contributed by atoms with van der Waals surface area (Å²) in [4.78, 5) is 0. The smallest absolute Gasteiger partial charge is 0.247 e. The van der Waals surface area contributed by atoms with Gasteiger partial charge in [-0.1, -0.05) is 18.5 Å². The molecule has 0 radical (unpaired) electrons. The molecule has 1 aromatic heterocycles. The number of aryl methyl sites for hydroxylation is 1. The molecule has 0 saturated carbocycles. The van der Waals surface area contributed by atoms with Gasteiger partial charge in [-0.2, -0.15) is 0 Å². The number of halogens is 1. The molecule has 0 aliphatic rings. The fourth-order valence-corrected chi connectivity index (χ4v) is 1.49. The summed E-state index contributed by atoms with van der Waals surface area (Å²) < 4.78 is 5.39. The van der Waals surface area contributed by atoms with Crippen LogP contribution < -0.4 is 5.73 Å². The summed E-state index contributed by atoms with van der Waals surface area (Å²) in [7, 11) is 0. The molecule has 2 aromatic rings. The first-order valence-corrected chi connectivity index (χ1v) is 4.95. The molecule has 0 unspecified atom stereocenters. The van der Waals surface area contributed by atoms with E-state index in [1.807, 2.05) is 6.92 Å². The van der Waals surface area contributed by atoms with Gasteiger partial charge in [0.25, 0.3) is 0 Å². The number of hydrogen-bond acceptors (Lipinski definition) is 4. The Morgan fingerprint density at radius 1 is 1.33 bits per heavy atom. The van der Waals surface area contributed by atoms with E-state index in [0.29, 0.717) is 28.9 Å². The molecule has 0 aliphatic carbocycles. The van der Waals surface area contributed by atoms with Gasteiger partial charge < -0.3 is 10.2 Å². The van der Waals surface area contributed by atoms with Gasteiger partial charge in [0, 0.05) is 22.7 Å². The molecular formula is C10H10ClN3O. The van der Waals surface area contributed by atoms with Crippen molar-refractivity contribution in [2.45, 2.75) is 13.3 Å². The van der Waals surface area contributed by atoms with Crippen molar-refractivity contribution in [3.05, 3.63) is 29.1 Å². The number of aromatic nitrogens is 2. The monoisotopic (exact) mass is 223 g/mol. The lowest BCUT2D eigenvalue weighted by atomic mass is 10.2. The van der Waals surface area contributed by atoms with Gasteiger partial charge in [-0.15, -0.1) is 10.2 Å². The predicted octanol–water partition coefficient (Wildman–Crippen LogP) is 2.53. The standard InChI is InChI=1S/C10H10ClN3O/c1-2-9-13-14-10(15-9)6-3-7(11)5-8(12)4-6/h3-5H,2,12H2,1H3. The zero-order chi connectivity index (χ0) is 10.8. The fraction of sp³-hybridized carbons (Fsp3) is 0.200. The normalized spacial score (nSPS) is 10.5. The summed E-state index contributed by atoms with van der Waals surface area (Å²) in [6, 6.07) is 5.16. The van der Waals surface area contributed by atoms with Gasteiger partial charge in [0.2, 0.25) is 11.8 Å². The molecule has 4 nitrogen and oxygen atoms in total. The number of benzene rings is 1. The van der Waals surface area contributed by atoms with Crippen molar-refractivity contribution in [1.82, 2.24) is 10.2 Å². The van der Waals surface area contributed by atoms with E-state index < -0.39 is 0 Å². The summed E-state index contributed by atoms with van der Waals surface area (Å²) in [5.74, 6) is 1.05. The first-order chi connectivity index (χ1) is 7.19. The number of nitrogens with zero attached hydrogens (tertiary/aromatic N) is 2. The van der Waals surface area contributed by atoms with E-state index in [9.17, 15) is 0 Å². The van der Waals surface area contributed by atoms with Crippen molar-refractivity contribution in [2.75, 3.05) is 5.73 Å². The maximum absolute atomic E-state index is 5.87. The van der Waals surface area contributed by atoms with Crippen molar-refractivity contribution < 1.29 is 4.42 Å². The van der Waals surface area contributed by atoms with E-state index in [1.54, 1.807) is 18.2 Å². The van der Waals surface area contributed by atoms with Crippen LogP contribution in [0.25, 0.3) is 11.5 Å². The van der Waals surface area contributed by atoms with E-state index in [-0.39, 0.29) is 0 Å². The van der Waals surface area contributed by atoms with Gasteiger partial charge in [0.1, 0.15) is 0 Å². The Labute approximate surface area is 92.1 Å². The summed E-state index contributed by atoms with van der Waals surface area (Å²) >= 11 is 5.87. The Balaban J connectivity index is 2.44. The first kappa shape index (κ1) is 9.98. The zero-order valence-electron chi connectivity index (χ0n) is 8.20. The molecule has 0 atom stereocenters. The van der Waals surface area contributed by atoms with Gasteiger partial charge >= 0.3 is 0 Å². The Kier molecular flexibility index (Phi) is 2.60. The average molecular weight is 224 g/mol. The van der Waals surface area contributed by atoms with E-state index in [4.69, 9.17) is 21.8 Å². The molecule has 1 aromatic carbocycles. The third kappa shape index (κ3) is 2.10. The highest BCUT2D eigenvalue weighted by Crippen LogP contribution is 2.24. The lowest BCUT2D eigenvalue weighted by molar-refractivity contribution is 0.513. The minimum Gasteiger partial charge on any atom is -0.421 e. The molecule has 2 rings (SSSR count). The molecule has 2 N–H and O–H groups in total. The predicted molar refractivity (Wildman–Crippen MR) is 58.5 cm³/mol. The highest BCUT2D eigenvalue weighted by atomic mass is 35.5. The van der Waals surface area contributed by atoms with Gasteiger partial charge in [0.05, 0.1) is 0 Å². The van der Waals surface area contributed by atoms with Crippen LogP contribution in [0.5, 0.6) is 0 Å². The minimum atomic E-state index is 0.445. The van der Waals surface area contributed by atoms with Crippen LogP contribution in [0, 0.1) is 0 Å². The molecule has 0 amide bonds. The van der Waals surface area contributed by atoms with Crippen LogP contribution in [0.2, 0.25) is 5.02 Å². The van der Waals surface area contributed by atoms with E-state index in [0.717, 1.165) is 5.56 Å². The number of nitrogen functional groups attached to an aromatic ring is 1. The molecule has 0 saturated heterocycles. The third-order valence-corrected chi connectivity index (χ3v) is 2.15. The largest absolute Gasteiger partial charge is 0.421 e. The number of rotatable bonds is 2. The quantitative estimate of drug-likeness (QED) is 0.795. The van der Waals surface area contributed by atoms with Crippen LogP contribution in [0.1, 0.15) is 12.8 Å². The third-order valence-electron chi connectivity index (χ3n) is 1.94.